The highest BCUT2D eigenvalue weighted by molar-refractivity contribution is 7.86. The summed E-state index contributed by atoms with van der Waals surface area (Å²) in [4.78, 5) is 0. The van der Waals surface area contributed by atoms with E-state index < -0.39 is 31.3 Å². The molecule has 0 spiro atoms. The molecular formula is C20H13ClF6I2O6S2. The summed E-state index contributed by atoms with van der Waals surface area (Å²) in [5.74, 6) is 0. The van der Waals surface area contributed by atoms with Gasteiger partial charge in [0.25, 0.3) is 0 Å². The monoisotopic (exact) mass is 816 g/mol. The Kier molecular flexibility index (Phi) is 13.0. The first-order valence-electron chi connectivity index (χ1n) is 9.04. The van der Waals surface area contributed by atoms with Crippen LogP contribution >= 0.6 is 11.6 Å². The van der Waals surface area contributed by atoms with Crippen LogP contribution in [0.3, 0.4) is 0 Å². The van der Waals surface area contributed by atoms with Gasteiger partial charge < -0.3 is 9.11 Å². The first-order valence-corrected chi connectivity index (χ1v) is 16.5. The van der Waals surface area contributed by atoms with Crippen molar-refractivity contribution in [1.29, 1.82) is 0 Å². The molecule has 3 aromatic carbocycles. The number of benzene rings is 3. The third kappa shape index (κ3) is 13.4. The molecule has 0 amide bonds. The Balaban J connectivity index is 0.000000355. The Bertz CT molecular complexity index is 1290. The highest BCUT2D eigenvalue weighted by Gasteiger charge is 2.37. The normalized spacial score (nSPS) is 12.0. The molecule has 17 heteroatoms. The lowest BCUT2D eigenvalue weighted by Crippen LogP contribution is -3.62. The quantitative estimate of drug-likeness (QED) is 0.140. The van der Waals surface area contributed by atoms with E-state index in [0.717, 1.165) is 5.02 Å². The van der Waals surface area contributed by atoms with E-state index in [1.807, 2.05) is 12.1 Å². The van der Waals surface area contributed by atoms with Crippen LogP contribution in [-0.2, 0) is 20.2 Å². The minimum absolute atomic E-state index is 0.0542. The summed E-state index contributed by atoms with van der Waals surface area (Å²) >= 11 is 5.77. The van der Waals surface area contributed by atoms with Crippen LogP contribution in [0, 0.1) is 14.3 Å². The van der Waals surface area contributed by atoms with Crippen molar-refractivity contribution in [3.63, 3.8) is 0 Å². The molecule has 0 aliphatic heterocycles. The van der Waals surface area contributed by atoms with Gasteiger partial charge in [0.2, 0.25) is 0 Å². The summed E-state index contributed by atoms with van der Waals surface area (Å²) in [6.45, 7) is 0. The van der Waals surface area contributed by atoms with Crippen LogP contribution in [-0.4, -0.2) is 37.0 Å². The van der Waals surface area contributed by atoms with Gasteiger partial charge in [-0.15, -0.1) is 0 Å². The van der Waals surface area contributed by atoms with Gasteiger partial charge in [0.05, 0.1) is 0 Å². The fraction of sp³-hybridized carbons (Fsp3) is 0.100. The molecule has 0 aliphatic carbocycles. The molecule has 0 fully saturated rings. The highest BCUT2D eigenvalue weighted by atomic mass is 127. The van der Waals surface area contributed by atoms with E-state index in [1.165, 1.54) is 14.3 Å². The van der Waals surface area contributed by atoms with Gasteiger partial charge in [-0.05, 0) is 60.7 Å². The molecule has 0 radical (unpaired) electrons. The standard InChI is InChI=1S/C18H13ClI2.2CHF3O3S/c19-14-6-8-16(9-7-14)21-18-12-10-17(11-13-18)20-15-4-2-1-3-5-15;2*2-1(3,4)8(5,6)7/h1-13H;2*(H,5,6,7)/q+2;;/p-2. The van der Waals surface area contributed by atoms with Crippen molar-refractivity contribution in [2.24, 2.45) is 0 Å². The SMILES string of the molecule is Clc1ccc([I+]c2ccc([I+]c3ccccc3)cc2)cc1.O=S(=O)([O-])C(F)(F)F.O=S(=O)([O-])C(F)(F)F. The molecule has 6 nitrogen and oxygen atoms in total. The second-order valence-corrected chi connectivity index (χ2v) is 15.4. The average molecular weight is 817 g/mol. The summed E-state index contributed by atoms with van der Waals surface area (Å²) in [6, 6.07) is 28.2. The first-order chi connectivity index (χ1) is 16.8. The van der Waals surface area contributed by atoms with E-state index in [0.29, 0.717) is 0 Å². The maximum absolute atomic E-state index is 10.7. The summed E-state index contributed by atoms with van der Waals surface area (Å²) in [6.07, 6.45) is 0. The Morgan fingerprint density at radius 1 is 0.541 bits per heavy atom. The van der Waals surface area contributed by atoms with Crippen LogP contribution in [0.5, 0.6) is 0 Å². The molecule has 3 aromatic rings. The number of rotatable bonds is 4. The maximum Gasteiger partial charge on any atom is 0.485 e. The van der Waals surface area contributed by atoms with Crippen LogP contribution in [0.1, 0.15) is 0 Å². The Morgan fingerprint density at radius 3 is 1.05 bits per heavy atom. The number of hydrogen-bond donors (Lipinski definition) is 0. The number of alkyl halides is 6. The van der Waals surface area contributed by atoms with Gasteiger partial charge in [0.1, 0.15) is 0 Å². The summed E-state index contributed by atoms with van der Waals surface area (Å²) < 4.78 is 124. The number of halogens is 9. The molecule has 0 N–H and O–H groups in total. The minimum Gasteiger partial charge on any atom is -0.741 e. The highest BCUT2D eigenvalue weighted by Crippen LogP contribution is 2.21. The first kappa shape index (κ1) is 33.8. The van der Waals surface area contributed by atoms with Crippen LogP contribution in [0.25, 0.3) is 0 Å². The molecule has 0 saturated carbocycles. The van der Waals surface area contributed by atoms with E-state index >= 15 is 0 Å². The van der Waals surface area contributed by atoms with E-state index in [-0.39, 0.29) is 42.4 Å². The van der Waals surface area contributed by atoms with E-state index in [1.54, 1.807) is 0 Å². The van der Waals surface area contributed by atoms with Crippen molar-refractivity contribution in [2.75, 3.05) is 0 Å². The molecule has 204 valence electrons. The maximum atomic E-state index is 10.7. The lowest BCUT2D eigenvalue weighted by atomic mass is 10.4. The van der Waals surface area contributed by atoms with Gasteiger partial charge >= 0.3 is 53.4 Å². The van der Waals surface area contributed by atoms with Crippen LogP contribution < -0.4 is 42.4 Å². The van der Waals surface area contributed by atoms with Crippen molar-refractivity contribution in [3.05, 3.63) is 98.2 Å². The van der Waals surface area contributed by atoms with Gasteiger partial charge in [-0.25, -0.2) is 16.8 Å². The fourth-order valence-corrected chi connectivity index (χ4v) is 6.27. The molecular weight excluding hydrogens is 804 g/mol. The number of hydrogen-bond acceptors (Lipinski definition) is 6. The van der Waals surface area contributed by atoms with E-state index in [2.05, 4.69) is 66.7 Å². The lowest BCUT2D eigenvalue weighted by molar-refractivity contribution is -0.603. The molecule has 37 heavy (non-hydrogen) atoms. The van der Waals surface area contributed by atoms with Gasteiger partial charge in [-0.2, -0.15) is 26.3 Å². The summed E-state index contributed by atoms with van der Waals surface area (Å²) in [7, 11) is -12.2. The van der Waals surface area contributed by atoms with Crippen molar-refractivity contribution in [3.8, 4) is 0 Å². The van der Waals surface area contributed by atoms with Crippen LogP contribution in [0.4, 0.5) is 26.3 Å². The molecule has 0 saturated heterocycles. The zero-order valence-corrected chi connectivity index (χ0v) is 24.4. The molecule has 3 rings (SSSR count). The molecule has 0 atom stereocenters. The summed E-state index contributed by atoms with van der Waals surface area (Å²) in [5, 5.41) is 0.811. The average Bonchev–Trinajstić information content (AvgIpc) is 2.76. The Hall–Kier alpha value is -1.19. The smallest absolute Gasteiger partial charge is 0.485 e. The molecule has 0 bridgehead atoms. The van der Waals surface area contributed by atoms with Crippen molar-refractivity contribution < 1.29 is 94.7 Å². The van der Waals surface area contributed by atoms with Crippen LogP contribution in [0.2, 0.25) is 5.02 Å². The van der Waals surface area contributed by atoms with E-state index in [4.69, 9.17) is 37.5 Å². The zero-order chi connectivity index (χ0) is 28.5. The van der Waals surface area contributed by atoms with Gasteiger partial charge in [-0.3, -0.25) is 0 Å². The Morgan fingerprint density at radius 2 is 0.784 bits per heavy atom. The second-order valence-electron chi connectivity index (χ2n) is 6.16. The topological polar surface area (TPSA) is 114 Å². The van der Waals surface area contributed by atoms with Crippen LogP contribution in [0.15, 0.2) is 78.9 Å². The van der Waals surface area contributed by atoms with E-state index in [9.17, 15) is 26.3 Å². The fourth-order valence-electron chi connectivity index (χ4n) is 1.78. The lowest BCUT2D eigenvalue weighted by Gasteiger charge is -2.08. The molecule has 0 aliphatic rings. The molecule has 0 heterocycles. The largest absolute Gasteiger partial charge is 0.741 e. The summed E-state index contributed by atoms with van der Waals surface area (Å²) in [5.41, 5.74) is -11.3. The third-order valence-electron chi connectivity index (χ3n) is 3.34. The minimum atomic E-state index is -6.09. The zero-order valence-electron chi connectivity index (χ0n) is 17.7. The predicted molar refractivity (Wildman–Crippen MR) is 111 cm³/mol. The molecule has 0 aromatic heterocycles. The van der Waals surface area contributed by atoms with Crippen molar-refractivity contribution >= 4 is 31.8 Å². The predicted octanol–water partition coefficient (Wildman–Crippen LogP) is -1.30. The second kappa shape index (κ2) is 14.3. The van der Waals surface area contributed by atoms with Gasteiger partial charge in [0, 0.05) is 5.02 Å². The van der Waals surface area contributed by atoms with Gasteiger partial charge in [-0.1, -0.05) is 29.8 Å². The van der Waals surface area contributed by atoms with Crippen molar-refractivity contribution in [2.45, 2.75) is 11.0 Å². The third-order valence-corrected chi connectivity index (χ3v) is 10.1. The Labute approximate surface area is 234 Å². The van der Waals surface area contributed by atoms with Crippen molar-refractivity contribution in [1.82, 2.24) is 0 Å². The molecule has 0 unspecified atom stereocenters. The van der Waals surface area contributed by atoms with Gasteiger partial charge in [0.15, 0.2) is 34.5 Å².